The zero-order valence-electron chi connectivity index (χ0n) is 17.3. The Balaban J connectivity index is 1.24. The van der Waals surface area contributed by atoms with Gasteiger partial charge in [0.05, 0.1) is 4.99 Å². The van der Waals surface area contributed by atoms with Crippen LogP contribution in [-0.4, -0.2) is 17.6 Å². The number of hydrogen-bond acceptors (Lipinski definition) is 2. The molecule has 5 atom stereocenters. The van der Waals surface area contributed by atoms with Crippen LogP contribution >= 0.6 is 12.2 Å². The number of nitrogens with one attached hydrogen (secondary N) is 1. The van der Waals surface area contributed by atoms with E-state index in [-0.39, 0.29) is 0 Å². The van der Waals surface area contributed by atoms with Crippen molar-refractivity contribution in [3.05, 3.63) is 35.9 Å². The van der Waals surface area contributed by atoms with Gasteiger partial charge in [-0.2, -0.15) is 0 Å². The Morgan fingerprint density at radius 2 is 1.86 bits per heavy atom. The van der Waals surface area contributed by atoms with Gasteiger partial charge in [-0.1, -0.05) is 49.5 Å². The number of rotatable bonds is 5. The second-order valence-corrected chi connectivity index (χ2v) is 11.3. The van der Waals surface area contributed by atoms with Gasteiger partial charge in [-0.3, -0.25) is 0 Å². The Morgan fingerprint density at radius 3 is 2.54 bits per heavy atom. The summed E-state index contributed by atoms with van der Waals surface area (Å²) in [6, 6.07) is 12.0. The first-order chi connectivity index (χ1) is 13.5. The van der Waals surface area contributed by atoms with Gasteiger partial charge in [0.15, 0.2) is 0 Å². The highest BCUT2D eigenvalue weighted by Crippen LogP contribution is 2.73. The molecule has 1 aromatic rings. The number of nitrogens with two attached hydrogens (primary N) is 1. The van der Waals surface area contributed by atoms with Crippen molar-refractivity contribution in [1.82, 2.24) is 5.32 Å². The van der Waals surface area contributed by atoms with E-state index in [0.717, 1.165) is 41.6 Å². The van der Waals surface area contributed by atoms with E-state index in [2.05, 4.69) is 42.6 Å². The van der Waals surface area contributed by atoms with Crippen LogP contribution in [0.3, 0.4) is 0 Å². The Labute approximate surface area is 176 Å². The van der Waals surface area contributed by atoms with E-state index in [9.17, 15) is 0 Å². The predicted octanol–water partition coefficient (Wildman–Crippen LogP) is 5.21. The van der Waals surface area contributed by atoms with Crippen LogP contribution in [-0.2, 0) is 5.41 Å². The van der Waals surface area contributed by atoms with E-state index in [1.165, 1.54) is 51.4 Å². The average molecular weight is 397 g/mol. The van der Waals surface area contributed by atoms with E-state index in [4.69, 9.17) is 18.0 Å². The van der Waals surface area contributed by atoms with Crippen LogP contribution in [0.15, 0.2) is 30.3 Å². The summed E-state index contributed by atoms with van der Waals surface area (Å²) in [5, 5.41) is 3.75. The molecule has 1 aromatic carbocycles. The molecule has 5 aliphatic rings. The average Bonchev–Trinajstić information content (AvgIpc) is 3.03. The molecule has 0 saturated heterocycles. The molecule has 0 amide bonds. The molecular weight excluding hydrogens is 360 g/mol. The molecule has 0 radical (unpaired) electrons. The van der Waals surface area contributed by atoms with Crippen molar-refractivity contribution in [2.75, 3.05) is 6.54 Å². The molecule has 28 heavy (non-hydrogen) atoms. The van der Waals surface area contributed by atoms with Crippen molar-refractivity contribution in [2.45, 2.75) is 76.2 Å². The molecular formula is C25H36N2S. The molecule has 0 aliphatic heterocycles. The fourth-order valence-corrected chi connectivity index (χ4v) is 8.34. The van der Waals surface area contributed by atoms with Gasteiger partial charge >= 0.3 is 0 Å². The van der Waals surface area contributed by atoms with Gasteiger partial charge in [0, 0.05) is 12.5 Å². The number of benzene rings is 1. The second kappa shape index (κ2) is 7.09. The second-order valence-electron chi connectivity index (χ2n) is 10.8. The van der Waals surface area contributed by atoms with Crippen molar-refractivity contribution < 1.29 is 0 Å². The van der Waals surface area contributed by atoms with Crippen molar-refractivity contribution >= 4 is 17.2 Å². The van der Waals surface area contributed by atoms with Gasteiger partial charge in [0.25, 0.3) is 0 Å². The van der Waals surface area contributed by atoms with Gasteiger partial charge < -0.3 is 11.1 Å². The third kappa shape index (κ3) is 3.13. The van der Waals surface area contributed by atoms with Crippen LogP contribution < -0.4 is 11.1 Å². The fraction of sp³-hybridized carbons (Fsp3) is 0.720. The van der Waals surface area contributed by atoms with Crippen LogP contribution in [0.1, 0.15) is 70.3 Å². The molecule has 0 heterocycles. The number of hydrogen-bond donors (Lipinski definition) is 2. The summed E-state index contributed by atoms with van der Waals surface area (Å²) in [7, 11) is 0. The number of thiocarbonyl (C=S) groups is 1. The van der Waals surface area contributed by atoms with Crippen LogP contribution in [0.2, 0.25) is 0 Å². The van der Waals surface area contributed by atoms with Gasteiger partial charge in [0.1, 0.15) is 0 Å². The maximum atomic E-state index is 5.88. The molecule has 0 spiro atoms. The lowest BCUT2D eigenvalue weighted by atomic mass is 9.62. The lowest BCUT2D eigenvalue weighted by Crippen LogP contribution is -2.41. The molecule has 6 rings (SSSR count). The molecule has 5 aliphatic carbocycles. The van der Waals surface area contributed by atoms with Gasteiger partial charge in [-0.25, -0.2) is 0 Å². The lowest BCUT2D eigenvalue weighted by molar-refractivity contribution is 0.163. The Bertz CT molecular complexity index is 725. The summed E-state index contributed by atoms with van der Waals surface area (Å²) in [6.45, 7) is 3.43. The maximum absolute atomic E-state index is 5.88. The van der Waals surface area contributed by atoms with Gasteiger partial charge in [0.2, 0.25) is 0 Å². The first-order valence-electron chi connectivity index (χ1n) is 11.6. The van der Waals surface area contributed by atoms with Crippen LogP contribution in [0.4, 0.5) is 0 Å². The summed E-state index contributed by atoms with van der Waals surface area (Å²) >= 11 is 5.88. The van der Waals surface area contributed by atoms with Crippen molar-refractivity contribution in [1.29, 1.82) is 0 Å². The minimum absolute atomic E-state index is 0.454. The highest BCUT2D eigenvalue weighted by atomic mass is 32.1. The van der Waals surface area contributed by atoms with Crippen molar-refractivity contribution in [3.8, 4) is 0 Å². The molecule has 5 fully saturated rings. The maximum Gasteiger partial charge on any atom is 0.0758 e. The first kappa shape index (κ1) is 19.1. The van der Waals surface area contributed by atoms with E-state index in [1.807, 2.05) is 0 Å². The highest BCUT2D eigenvalue weighted by molar-refractivity contribution is 7.80. The molecule has 3 N–H and O–H groups in total. The predicted molar refractivity (Wildman–Crippen MR) is 120 cm³/mol. The van der Waals surface area contributed by atoms with Gasteiger partial charge in [-0.05, 0) is 98.0 Å². The summed E-state index contributed by atoms with van der Waals surface area (Å²) in [5.41, 5.74) is 8.44. The summed E-state index contributed by atoms with van der Waals surface area (Å²) < 4.78 is 0. The first-order valence-corrected chi connectivity index (χ1v) is 12.0. The molecule has 0 aromatic heterocycles. The Morgan fingerprint density at radius 1 is 1.11 bits per heavy atom. The van der Waals surface area contributed by atoms with Crippen LogP contribution in [0.5, 0.6) is 0 Å². The monoisotopic (exact) mass is 396 g/mol. The molecule has 5 unspecified atom stereocenters. The largest absolute Gasteiger partial charge is 0.377 e. The van der Waals surface area contributed by atoms with E-state index in [0.29, 0.717) is 16.9 Å². The molecule has 4 bridgehead atoms. The van der Waals surface area contributed by atoms with Crippen molar-refractivity contribution in [2.24, 2.45) is 34.8 Å². The van der Waals surface area contributed by atoms with Crippen LogP contribution in [0, 0.1) is 29.1 Å². The summed E-state index contributed by atoms with van der Waals surface area (Å²) in [4.78, 5) is 1.15. The molecule has 5 saturated carbocycles. The topological polar surface area (TPSA) is 38.0 Å². The Hall–Kier alpha value is -0.930. The van der Waals surface area contributed by atoms with E-state index in [1.54, 1.807) is 5.56 Å². The third-order valence-electron chi connectivity index (χ3n) is 9.10. The minimum atomic E-state index is 0.454. The van der Waals surface area contributed by atoms with Crippen LogP contribution in [0.25, 0.3) is 0 Å². The Kier molecular flexibility index (Phi) is 4.83. The molecule has 2 nitrogen and oxygen atoms in total. The van der Waals surface area contributed by atoms with Gasteiger partial charge in [-0.15, -0.1) is 0 Å². The molecule has 152 valence electrons. The lowest BCUT2D eigenvalue weighted by Gasteiger charge is -2.43. The fourth-order valence-electron chi connectivity index (χ4n) is 7.98. The smallest absolute Gasteiger partial charge is 0.0758 e. The summed E-state index contributed by atoms with van der Waals surface area (Å²) in [6.07, 6.45) is 11.7. The minimum Gasteiger partial charge on any atom is -0.377 e. The standard InChI is InChI=1S/C25H36N2S/c1-24-12-18-13-25(16-24,19-5-3-2-4-6-19)14-22(24)21(18)11-23(28)27-20-9-7-17(15-26)8-10-20/h2-6,17-18,20-22H,7-16,26H2,1H3,(H,27,28). The van der Waals surface area contributed by atoms with E-state index >= 15 is 0 Å². The zero-order valence-corrected chi connectivity index (χ0v) is 18.1. The molecule has 3 heteroatoms. The van der Waals surface area contributed by atoms with E-state index < -0.39 is 0 Å². The van der Waals surface area contributed by atoms with Crippen molar-refractivity contribution in [3.63, 3.8) is 0 Å². The quantitative estimate of drug-likeness (QED) is 0.671. The highest BCUT2D eigenvalue weighted by Gasteiger charge is 2.65. The normalized spacial score (nSPS) is 44.0. The SMILES string of the molecule is CC12CC3CC(c4ccccc4)(CC1C3CC(=S)NC1CCC(CN)CC1)C2. The summed E-state index contributed by atoms with van der Waals surface area (Å²) in [5.74, 6) is 3.27. The third-order valence-corrected chi connectivity index (χ3v) is 9.39. The zero-order chi connectivity index (χ0) is 19.4.